The molecule has 1 heteroatoms. The van der Waals surface area contributed by atoms with Crippen LogP contribution >= 0.6 is 0 Å². The van der Waals surface area contributed by atoms with E-state index in [1.807, 2.05) is 19.9 Å². The van der Waals surface area contributed by atoms with E-state index >= 15 is 0 Å². The molecule has 0 radical (unpaired) electrons. The number of carbonyl (C=O) groups is 1. The molecule has 0 saturated heterocycles. The molecule has 24 heavy (non-hydrogen) atoms. The number of fused-ring (bicyclic) bond motifs is 1. The Morgan fingerprint density at radius 3 is 2.33 bits per heavy atom. The molecule has 0 spiro atoms. The number of ketones is 1. The van der Waals surface area contributed by atoms with E-state index in [2.05, 4.69) is 56.3 Å². The predicted octanol–water partition coefficient (Wildman–Crippen LogP) is 6.89. The minimum absolute atomic E-state index is 0.272. The zero-order chi connectivity index (χ0) is 17.8. The smallest absolute Gasteiger partial charge is 0.155 e. The molecule has 0 saturated carbocycles. The fraction of sp³-hybridized carbons (Fsp3) is 0.435. The van der Waals surface area contributed by atoms with Crippen LogP contribution in [-0.2, 0) is 11.2 Å². The van der Waals surface area contributed by atoms with Crippen LogP contribution in [0.15, 0.2) is 54.1 Å². The Balaban J connectivity index is 0.00000139. The van der Waals surface area contributed by atoms with Gasteiger partial charge >= 0.3 is 0 Å². The lowest BCUT2D eigenvalue weighted by atomic mass is 9.95. The summed E-state index contributed by atoms with van der Waals surface area (Å²) in [5.74, 6) is 0.272. The summed E-state index contributed by atoms with van der Waals surface area (Å²) in [6, 6.07) is 14.9. The lowest BCUT2D eigenvalue weighted by Gasteiger charge is -2.10. The maximum atomic E-state index is 12.0. The van der Waals surface area contributed by atoms with E-state index in [1.54, 1.807) is 0 Å². The Morgan fingerprint density at radius 2 is 1.62 bits per heavy atom. The first kappa shape index (κ1) is 20.2. The number of rotatable bonds is 8. The van der Waals surface area contributed by atoms with Gasteiger partial charge in [-0.25, -0.2) is 0 Å². The molecular formula is C23H32O. The molecule has 2 rings (SSSR count). The molecule has 0 fully saturated rings. The van der Waals surface area contributed by atoms with Crippen molar-refractivity contribution in [3.63, 3.8) is 0 Å². The average molecular weight is 325 g/mol. The molecule has 0 heterocycles. The second-order valence-electron chi connectivity index (χ2n) is 5.94. The summed E-state index contributed by atoms with van der Waals surface area (Å²) in [6.45, 7) is 8.26. The molecule has 0 aliphatic heterocycles. The maximum Gasteiger partial charge on any atom is 0.155 e. The van der Waals surface area contributed by atoms with Gasteiger partial charge in [0.25, 0.3) is 0 Å². The lowest BCUT2D eigenvalue weighted by Crippen LogP contribution is -1.99. The number of benzene rings is 2. The van der Waals surface area contributed by atoms with Crippen LogP contribution in [0.4, 0.5) is 0 Å². The van der Waals surface area contributed by atoms with E-state index in [-0.39, 0.29) is 5.78 Å². The van der Waals surface area contributed by atoms with Crippen molar-refractivity contribution in [3.8, 4) is 0 Å². The normalized spacial score (nSPS) is 11.1. The highest BCUT2D eigenvalue weighted by atomic mass is 16.1. The first-order valence-corrected chi connectivity index (χ1v) is 9.43. The second kappa shape index (κ2) is 11.6. The van der Waals surface area contributed by atoms with E-state index < -0.39 is 0 Å². The lowest BCUT2D eigenvalue weighted by molar-refractivity contribution is -0.114. The van der Waals surface area contributed by atoms with Gasteiger partial charge in [-0.1, -0.05) is 82.2 Å². The van der Waals surface area contributed by atoms with Crippen molar-refractivity contribution in [2.45, 2.75) is 66.2 Å². The summed E-state index contributed by atoms with van der Waals surface area (Å²) >= 11 is 0. The van der Waals surface area contributed by atoms with Crippen LogP contribution in [0.2, 0.25) is 0 Å². The molecule has 0 aliphatic carbocycles. The highest BCUT2D eigenvalue weighted by Crippen LogP contribution is 2.23. The second-order valence-corrected chi connectivity index (χ2v) is 5.94. The summed E-state index contributed by atoms with van der Waals surface area (Å²) in [4.78, 5) is 12.0. The van der Waals surface area contributed by atoms with Crippen molar-refractivity contribution < 1.29 is 4.79 Å². The zero-order valence-corrected chi connectivity index (χ0v) is 15.8. The molecule has 0 aliphatic rings. The molecule has 0 atom stereocenters. The van der Waals surface area contributed by atoms with Crippen LogP contribution < -0.4 is 0 Å². The molecular weight excluding hydrogens is 292 g/mol. The molecule has 1 nitrogen and oxygen atoms in total. The van der Waals surface area contributed by atoms with Gasteiger partial charge in [-0.2, -0.15) is 0 Å². The Kier molecular flexibility index (Phi) is 9.76. The summed E-state index contributed by atoms with van der Waals surface area (Å²) < 4.78 is 0. The van der Waals surface area contributed by atoms with Gasteiger partial charge in [0.2, 0.25) is 0 Å². The van der Waals surface area contributed by atoms with Gasteiger partial charge in [-0.3, -0.25) is 4.79 Å². The van der Waals surface area contributed by atoms with Gasteiger partial charge < -0.3 is 0 Å². The minimum Gasteiger partial charge on any atom is -0.295 e. The van der Waals surface area contributed by atoms with Crippen molar-refractivity contribution in [1.29, 1.82) is 0 Å². The zero-order valence-electron chi connectivity index (χ0n) is 15.8. The highest BCUT2D eigenvalue weighted by molar-refractivity contribution is 5.90. The van der Waals surface area contributed by atoms with Crippen molar-refractivity contribution in [2.75, 3.05) is 0 Å². The molecule has 2 aromatic rings. The summed E-state index contributed by atoms with van der Waals surface area (Å²) in [5.41, 5.74) is 2.60. The summed E-state index contributed by atoms with van der Waals surface area (Å²) in [5, 5.41) is 2.57. The van der Waals surface area contributed by atoms with Crippen LogP contribution in [0.3, 0.4) is 0 Å². The monoisotopic (exact) mass is 324 g/mol. The van der Waals surface area contributed by atoms with E-state index in [0.29, 0.717) is 6.42 Å². The van der Waals surface area contributed by atoms with E-state index in [1.165, 1.54) is 21.9 Å². The van der Waals surface area contributed by atoms with E-state index in [4.69, 9.17) is 0 Å². The number of hydrogen-bond donors (Lipinski definition) is 0. The predicted molar refractivity (Wildman–Crippen MR) is 107 cm³/mol. The Labute approximate surface area is 147 Å². The Morgan fingerprint density at radius 1 is 0.917 bits per heavy atom. The fourth-order valence-electron chi connectivity index (χ4n) is 2.85. The van der Waals surface area contributed by atoms with E-state index in [9.17, 15) is 4.79 Å². The topological polar surface area (TPSA) is 17.1 Å². The quantitative estimate of drug-likeness (QED) is 0.483. The van der Waals surface area contributed by atoms with Gasteiger partial charge in [0.1, 0.15) is 0 Å². The highest BCUT2D eigenvalue weighted by Gasteiger charge is 2.06. The maximum absolute atomic E-state index is 12.0. The summed E-state index contributed by atoms with van der Waals surface area (Å²) in [6.07, 6.45) is 7.70. The Hall–Kier alpha value is -1.89. The van der Waals surface area contributed by atoms with Crippen molar-refractivity contribution in [2.24, 2.45) is 0 Å². The van der Waals surface area contributed by atoms with Crippen LogP contribution in [0.5, 0.6) is 0 Å². The fourth-order valence-corrected chi connectivity index (χ4v) is 2.85. The average Bonchev–Trinajstić information content (AvgIpc) is 2.62. The first-order chi connectivity index (χ1) is 11.7. The van der Waals surface area contributed by atoms with Crippen molar-refractivity contribution in [1.82, 2.24) is 0 Å². The summed E-state index contributed by atoms with van der Waals surface area (Å²) in [7, 11) is 0. The molecule has 130 valence electrons. The number of hydrogen-bond acceptors (Lipinski definition) is 1. The minimum atomic E-state index is 0.272. The molecule has 0 amide bonds. The van der Waals surface area contributed by atoms with Gasteiger partial charge in [0.05, 0.1) is 0 Å². The van der Waals surface area contributed by atoms with Crippen LogP contribution in [0, 0.1) is 0 Å². The third-order valence-corrected chi connectivity index (χ3v) is 4.01. The van der Waals surface area contributed by atoms with Crippen molar-refractivity contribution in [3.05, 3.63) is 59.7 Å². The van der Waals surface area contributed by atoms with Gasteiger partial charge in [0, 0.05) is 6.42 Å². The number of allylic oxidation sites excluding steroid dienone is 2. The van der Waals surface area contributed by atoms with Crippen molar-refractivity contribution >= 4 is 16.6 Å². The molecule has 0 bridgehead atoms. The number of carbonyl (C=O) groups excluding carboxylic acids is 1. The van der Waals surface area contributed by atoms with Crippen LogP contribution in [-0.4, -0.2) is 5.78 Å². The molecule has 0 N–H and O–H groups in total. The Bertz CT molecular complexity index is 647. The van der Waals surface area contributed by atoms with Crippen LogP contribution in [0.25, 0.3) is 10.8 Å². The van der Waals surface area contributed by atoms with Gasteiger partial charge in [-0.15, -0.1) is 0 Å². The van der Waals surface area contributed by atoms with Gasteiger partial charge in [0.15, 0.2) is 5.78 Å². The SMILES string of the molecule is CC.CCCC/C(=C\C(=O)CCC)Cc1cccc2ccccc12. The third kappa shape index (κ3) is 6.31. The van der Waals surface area contributed by atoms with Gasteiger partial charge in [-0.05, 0) is 48.1 Å². The standard InChI is InChI=1S/C21H26O.C2H6/c1-3-5-10-17(16-20(22)9-4-2)15-19-13-8-12-18-11-6-7-14-21(18)19;1-2/h6-8,11-14,16H,3-5,9-10,15H2,1-2H3;1-2H3/b17-16+;. The van der Waals surface area contributed by atoms with Crippen LogP contribution in [0.1, 0.15) is 65.4 Å². The largest absolute Gasteiger partial charge is 0.295 e. The first-order valence-electron chi connectivity index (χ1n) is 9.43. The third-order valence-electron chi connectivity index (χ3n) is 4.01. The molecule has 2 aromatic carbocycles. The molecule has 0 unspecified atom stereocenters. The number of unbranched alkanes of at least 4 members (excludes halogenated alkanes) is 1. The van der Waals surface area contributed by atoms with E-state index in [0.717, 1.165) is 32.1 Å². The molecule has 0 aromatic heterocycles.